The van der Waals surface area contributed by atoms with Gasteiger partial charge in [-0.3, -0.25) is 14.5 Å². The molecule has 2 heterocycles. The van der Waals surface area contributed by atoms with E-state index in [4.69, 9.17) is 4.42 Å². The number of nitrogens with one attached hydrogen (secondary N) is 1. The van der Waals surface area contributed by atoms with Gasteiger partial charge in [0, 0.05) is 38.3 Å². The number of carbonyl (C=O) groups excluding carboxylic acids is 2. The summed E-state index contributed by atoms with van der Waals surface area (Å²) in [6.07, 6.45) is 5.84. The van der Waals surface area contributed by atoms with E-state index in [1.165, 1.54) is 12.3 Å². The molecule has 1 aromatic heterocycles. The first kappa shape index (κ1) is 20.6. The lowest BCUT2D eigenvalue weighted by Gasteiger charge is -2.40. The number of halogens is 1. The van der Waals surface area contributed by atoms with Gasteiger partial charge in [-0.2, -0.15) is 0 Å². The second kappa shape index (κ2) is 9.43. The van der Waals surface area contributed by atoms with Crippen LogP contribution in [0.2, 0.25) is 0 Å². The highest BCUT2D eigenvalue weighted by Crippen LogP contribution is 2.31. The Morgan fingerprint density at radius 2 is 1.80 bits per heavy atom. The molecule has 0 unspecified atom stereocenters. The quantitative estimate of drug-likeness (QED) is 0.791. The second-order valence-corrected chi connectivity index (χ2v) is 8.10. The van der Waals surface area contributed by atoms with E-state index in [-0.39, 0.29) is 30.2 Å². The van der Waals surface area contributed by atoms with Crippen LogP contribution in [0.15, 0.2) is 47.1 Å². The summed E-state index contributed by atoms with van der Waals surface area (Å²) in [4.78, 5) is 29.6. The van der Waals surface area contributed by atoms with Crippen molar-refractivity contribution >= 4 is 11.8 Å². The normalized spacial score (nSPS) is 19.0. The average Bonchev–Trinajstić information content (AvgIpc) is 3.48. The van der Waals surface area contributed by atoms with Crippen molar-refractivity contribution < 1.29 is 18.4 Å². The molecule has 0 bridgehead atoms. The Morgan fingerprint density at radius 1 is 1.07 bits per heavy atom. The van der Waals surface area contributed by atoms with Gasteiger partial charge in [0.05, 0.1) is 12.3 Å². The summed E-state index contributed by atoms with van der Waals surface area (Å²) in [5.74, 6) is 0.189. The summed E-state index contributed by atoms with van der Waals surface area (Å²) < 4.78 is 19.2. The smallest absolute Gasteiger partial charge is 0.289 e. The van der Waals surface area contributed by atoms with Crippen LogP contribution in [0.1, 0.15) is 41.8 Å². The zero-order valence-electron chi connectivity index (χ0n) is 17.1. The molecule has 1 saturated carbocycles. The van der Waals surface area contributed by atoms with Crippen molar-refractivity contribution in [2.75, 3.05) is 26.2 Å². The Morgan fingerprint density at radius 3 is 2.47 bits per heavy atom. The van der Waals surface area contributed by atoms with E-state index < -0.39 is 0 Å². The summed E-state index contributed by atoms with van der Waals surface area (Å²) in [6.45, 7) is 2.58. The molecule has 2 fully saturated rings. The minimum absolute atomic E-state index is 0.0454. The maximum atomic E-state index is 13.9. The van der Waals surface area contributed by atoms with Gasteiger partial charge in [-0.1, -0.05) is 31.0 Å². The van der Waals surface area contributed by atoms with E-state index in [1.54, 1.807) is 35.2 Å². The van der Waals surface area contributed by atoms with Gasteiger partial charge in [0.15, 0.2) is 5.76 Å². The van der Waals surface area contributed by atoms with Gasteiger partial charge in [-0.15, -0.1) is 0 Å². The Hall–Kier alpha value is -2.67. The van der Waals surface area contributed by atoms with E-state index in [9.17, 15) is 14.0 Å². The first-order valence-electron chi connectivity index (χ1n) is 10.7. The molecule has 1 saturated heterocycles. The third-order valence-corrected chi connectivity index (χ3v) is 6.25. The molecule has 0 spiro atoms. The van der Waals surface area contributed by atoms with Gasteiger partial charge in [-0.25, -0.2) is 4.39 Å². The fourth-order valence-electron chi connectivity index (χ4n) is 4.64. The van der Waals surface area contributed by atoms with E-state index in [0.29, 0.717) is 43.4 Å². The molecule has 1 N–H and O–H groups in total. The maximum absolute atomic E-state index is 13.9. The number of rotatable bonds is 6. The van der Waals surface area contributed by atoms with Gasteiger partial charge in [0.2, 0.25) is 5.91 Å². The van der Waals surface area contributed by atoms with Crippen molar-refractivity contribution in [3.8, 4) is 0 Å². The highest BCUT2D eigenvalue weighted by atomic mass is 19.1. The van der Waals surface area contributed by atoms with Crippen LogP contribution in [0, 0.1) is 11.7 Å². The van der Waals surface area contributed by atoms with Crippen molar-refractivity contribution in [3.63, 3.8) is 0 Å². The molecule has 1 aliphatic heterocycles. The van der Waals surface area contributed by atoms with Crippen molar-refractivity contribution in [2.24, 2.45) is 5.92 Å². The minimum Gasteiger partial charge on any atom is -0.459 e. The largest absolute Gasteiger partial charge is 0.459 e. The van der Waals surface area contributed by atoms with Crippen LogP contribution >= 0.6 is 0 Å². The lowest BCUT2D eigenvalue weighted by Crippen LogP contribution is -2.57. The van der Waals surface area contributed by atoms with Gasteiger partial charge in [0.25, 0.3) is 5.91 Å². The van der Waals surface area contributed by atoms with Crippen LogP contribution in [0.5, 0.6) is 0 Å². The van der Waals surface area contributed by atoms with Gasteiger partial charge in [0.1, 0.15) is 5.82 Å². The maximum Gasteiger partial charge on any atom is 0.289 e. The monoisotopic (exact) mass is 413 g/mol. The number of benzene rings is 1. The van der Waals surface area contributed by atoms with Gasteiger partial charge < -0.3 is 14.6 Å². The van der Waals surface area contributed by atoms with Crippen LogP contribution in [-0.2, 0) is 11.3 Å². The number of amides is 2. The third-order valence-electron chi connectivity index (χ3n) is 6.25. The zero-order chi connectivity index (χ0) is 20.9. The number of hydrogen-bond acceptors (Lipinski definition) is 4. The summed E-state index contributed by atoms with van der Waals surface area (Å²) in [5, 5.41) is 2.95. The molecule has 2 amide bonds. The molecule has 30 heavy (non-hydrogen) atoms. The first-order chi connectivity index (χ1) is 14.6. The number of piperazine rings is 1. The lowest BCUT2D eigenvalue weighted by molar-refractivity contribution is -0.129. The highest BCUT2D eigenvalue weighted by Gasteiger charge is 2.37. The summed E-state index contributed by atoms with van der Waals surface area (Å²) in [5.41, 5.74) is 0.491. The molecule has 4 rings (SSSR count). The molecule has 1 aliphatic carbocycles. The van der Waals surface area contributed by atoms with Crippen molar-refractivity contribution in [3.05, 3.63) is 59.8 Å². The molecule has 2 aliphatic rings. The number of hydrogen-bond donors (Lipinski definition) is 1. The van der Waals surface area contributed by atoms with E-state index in [0.717, 1.165) is 25.7 Å². The zero-order valence-corrected chi connectivity index (χ0v) is 17.1. The van der Waals surface area contributed by atoms with Crippen LogP contribution in [0.3, 0.4) is 0 Å². The molecule has 0 radical (unpaired) electrons. The van der Waals surface area contributed by atoms with Crippen LogP contribution < -0.4 is 5.32 Å². The number of nitrogens with zero attached hydrogens (tertiary/aromatic N) is 2. The number of carbonyl (C=O) groups is 2. The summed E-state index contributed by atoms with van der Waals surface area (Å²) >= 11 is 0. The van der Waals surface area contributed by atoms with Gasteiger partial charge >= 0.3 is 0 Å². The molecule has 7 heteroatoms. The lowest BCUT2D eigenvalue weighted by atomic mass is 9.95. The molecular formula is C23H28FN3O3. The van der Waals surface area contributed by atoms with Crippen molar-refractivity contribution in [1.29, 1.82) is 0 Å². The molecule has 160 valence electrons. The standard InChI is InChI=1S/C23H28FN3O3/c24-19-9-4-3-8-18(19)16-25-22(28)21(17-6-1-2-7-17)26-11-13-27(14-12-26)23(29)20-10-5-15-30-20/h3-5,8-10,15,17,21H,1-2,6-7,11-14,16H2,(H,25,28)/t21-/m0/s1. The highest BCUT2D eigenvalue weighted by molar-refractivity contribution is 5.91. The first-order valence-corrected chi connectivity index (χ1v) is 10.7. The van der Waals surface area contributed by atoms with E-state index in [1.807, 2.05) is 0 Å². The Kier molecular flexibility index (Phi) is 6.47. The Bertz CT molecular complexity index is 856. The SMILES string of the molecule is O=C(NCc1ccccc1F)[C@H](C1CCCC1)N1CCN(C(=O)c2ccco2)CC1. The van der Waals surface area contributed by atoms with E-state index >= 15 is 0 Å². The summed E-state index contributed by atoms with van der Waals surface area (Å²) in [6, 6.07) is 9.66. The predicted molar refractivity (Wildman–Crippen MR) is 110 cm³/mol. The second-order valence-electron chi connectivity index (χ2n) is 8.10. The average molecular weight is 413 g/mol. The fraction of sp³-hybridized carbons (Fsp3) is 0.478. The molecule has 1 aromatic carbocycles. The Balaban J connectivity index is 1.39. The third kappa shape index (κ3) is 4.56. The van der Waals surface area contributed by atoms with Crippen LogP contribution in [-0.4, -0.2) is 53.8 Å². The number of furan rings is 1. The Labute approximate surface area is 176 Å². The van der Waals surface area contributed by atoms with Crippen molar-refractivity contribution in [1.82, 2.24) is 15.1 Å². The fourth-order valence-corrected chi connectivity index (χ4v) is 4.64. The van der Waals surface area contributed by atoms with Gasteiger partial charge in [-0.05, 0) is 37.0 Å². The molecular weight excluding hydrogens is 385 g/mol. The molecule has 2 aromatic rings. The summed E-state index contributed by atoms with van der Waals surface area (Å²) in [7, 11) is 0. The topological polar surface area (TPSA) is 65.8 Å². The molecule has 1 atom stereocenters. The minimum atomic E-state index is -0.305. The molecule has 6 nitrogen and oxygen atoms in total. The van der Waals surface area contributed by atoms with E-state index in [2.05, 4.69) is 10.2 Å². The predicted octanol–water partition coefficient (Wildman–Crippen LogP) is 3.05. The van der Waals surface area contributed by atoms with Crippen molar-refractivity contribution in [2.45, 2.75) is 38.3 Å². The van der Waals surface area contributed by atoms with Crippen LogP contribution in [0.4, 0.5) is 4.39 Å². The van der Waals surface area contributed by atoms with Crippen LogP contribution in [0.25, 0.3) is 0 Å².